The highest BCUT2D eigenvalue weighted by atomic mass is 35.5. The summed E-state index contributed by atoms with van der Waals surface area (Å²) in [4.78, 5) is 25.7. The third kappa shape index (κ3) is 5.71. The van der Waals surface area contributed by atoms with Gasteiger partial charge in [0.1, 0.15) is 5.60 Å². The lowest BCUT2D eigenvalue weighted by Crippen LogP contribution is -2.41. The monoisotopic (exact) mass is 353 g/mol. The molecule has 1 aromatic rings. The Morgan fingerprint density at radius 3 is 2.33 bits per heavy atom. The minimum atomic E-state index is -0.971. The lowest BCUT2D eigenvalue weighted by atomic mass is 9.98. The number of carbonyl (C=O) groups excluding carboxylic acids is 1. The van der Waals surface area contributed by atoms with E-state index < -0.39 is 23.6 Å². The van der Waals surface area contributed by atoms with E-state index in [1.54, 1.807) is 45.0 Å². The molecule has 1 saturated carbocycles. The number of ether oxygens (including phenoxy) is 1. The molecule has 2 rings (SSSR count). The first kappa shape index (κ1) is 18.6. The number of amides is 1. The maximum absolute atomic E-state index is 12.5. The predicted molar refractivity (Wildman–Crippen MR) is 92.4 cm³/mol. The number of hydrogen-bond donors (Lipinski definition) is 1. The van der Waals surface area contributed by atoms with Crippen molar-refractivity contribution in [2.45, 2.75) is 45.1 Å². The lowest BCUT2D eigenvalue weighted by molar-refractivity contribution is -0.139. The van der Waals surface area contributed by atoms with Crippen molar-refractivity contribution >= 4 is 23.7 Å². The van der Waals surface area contributed by atoms with E-state index in [0.29, 0.717) is 23.0 Å². The molecule has 0 bridgehead atoms. The smallest absolute Gasteiger partial charge is 0.410 e. The van der Waals surface area contributed by atoms with E-state index in [0.717, 1.165) is 12.8 Å². The number of nitrogens with zero attached hydrogens (tertiary/aromatic N) is 1. The fraction of sp³-hybridized carbons (Fsp3) is 0.556. The minimum Gasteiger partial charge on any atom is -0.481 e. The maximum atomic E-state index is 12.5. The standard InChI is InChI=1S/C18H24ClNO4/c1-18(2,3)24-17(23)20(10-12-4-5-12)11-15(16(21)22)13-6-8-14(19)9-7-13/h6-9,12,15H,4-5,10-11H2,1-3H3,(H,21,22). The van der Waals surface area contributed by atoms with Crippen LogP contribution >= 0.6 is 11.6 Å². The van der Waals surface area contributed by atoms with Gasteiger partial charge in [-0.1, -0.05) is 23.7 Å². The molecule has 0 aliphatic heterocycles. The normalized spacial score (nSPS) is 15.7. The molecular formula is C18H24ClNO4. The van der Waals surface area contributed by atoms with E-state index in [1.165, 1.54) is 4.90 Å². The van der Waals surface area contributed by atoms with Gasteiger partial charge >= 0.3 is 12.1 Å². The number of carboxylic acid groups (broad SMARTS) is 1. The Hall–Kier alpha value is -1.75. The first-order chi connectivity index (χ1) is 11.2. The molecule has 132 valence electrons. The molecule has 6 heteroatoms. The SMILES string of the molecule is CC(C)(C)OC(=O)N(CC1CC1)CC(C(=O)O)c1ccc(Cl)cc1. The van der Waals surface area contributed by atoms with Gasteiger partial charge in [-0.05, 0) is 57.2 Å². The van der Waals surface area contributed by atoms with Crippen LogP contribution in [0.15, 0.2) is 24.3 Å². The Bertz CT molecular complexity index is 590. The Morgan fingerprint density at radius 2 is 1.88 bits per heavy atom. The van der Waals surface area contributed by atoms with E-state index >= 15 is 0 Å². The van der Waals surface area contributed by atoms with Crippen LogP contribution in [0.5, 0.6) is 0 Å². The molecule has 0 heterocycles. The number of halogens is 1. The van der Waals surface area contributed by atoms with Crippen molar-refractivity contribution in [2.75, 3.05) is 13.1 Å². The number of aliphatic carboxylic acids is 1. The van der Waals surface area contributed by atoms with Gasteiger partial charge in [0.25, 0.3) is 0 Å². The van der Waals surface area contributed by atoms with Gasteiger partial charge in [-0.15, -0.1) is 0 Å². The molecule has 0 spiro atoms. The first-order valence-electron chi connectivity index (χ1n) is 8.12. The van der Waals surface area contributed by atoms with Crippen LogP contribution in [0.4, 0.5) is 4.79 Å². The number of carbonyl (C=O) groups is 2. The summed E-state index contributed by atoms with van der Waals surface area (Å²) in [5.41, 5.74) is 0.00832. The zero-order chi connectivity index (χ0) is 17.9. The average Bonchev–Trinajstić information content (AvgIpc) is 3.26. The van der Waals surface area contributed by atoms with Crippen LogP contribution in [0.1, 0.15) is 45.1 Å². The molecule has 1 aliphatic carbocycles. The zero-order valence-electron chi connectivity index (χ0n) is 14.3. The van der Waals surface area contributed by atoms with Crippen molar-refractivity contribution in [2.24, 2.45) is 5.92 Å². The highest BCUT2D eigenvalue weighted by molar-refractivity contribution is 6.30. The van der Waals surface area contributed by atoms with Gasteiger partial charge in [0.05, 0.1) is 5.92 Å². The minimum absolute atomic E-state index is 0.0857. The van der Waals surface area contributed by atoms with Gasteiger partial charge in [0.2, 0.25) is 0 Å². The van der Waals surface area contributed by atoms with Crippen LogP contribution < -0.4 is 0 Å². The van der Waals surface area contributed by atoms with Gasteiger partial charge in [-0.25, -0.2) is 4.79 Å². The van der Waals surface area contributed by atoms with Crippen molar-refractivity contribution in [3.05, 3.63) is 34.9 Å². The first-order valence-corrected chi connectivity index (χ1v) is 8.49. The van der Waals surface area contributed by atoms with Gasteiger partial charge in [0, 0.05) is 18.1 Å². The van der Waals surface area contributed by atoms with E-state index in [1.807, 2.05) is 0 Å². The van der Waals surface area contributed by atoms with Crippen molar-refractivity contribution in [1.29, 1.82) is 0 Å². The summed E-state index contributed by atoms with van der Waals surface area (Å²) in [5, 5.41) is 10.1. The fourth-order valence-electron chi connectivity index (χ4n) is 2.40. The van der Waals surface area contributed by atoms with Gasteiger partial charge < -0.3 is 14.7 Å². The van der Waals surface area contributed by atoms with Crippen molar-refractivity contribution in [3.8, 4) is 0 Å². The van der Waals surface area contributed by atoms with Crippen LogP contribution in [0.25, 0.3) is 0 Å². The molecule has 1 unspecified atom stereocenters. The second-order valence-electron chi connectivity index (χ2n) is 7.27. The number of rotatable bonds is 6. The molecule has 1 aliphatic rings. The van der Waals surface area contributed by atoms with E-state index in [2.05, 4.69) is 0 Å². The molecule has 1 N–H and O–H groups in total. The third-order valence-corrected chi connectivity index (χ3v) is 4.05. The van der Waals surface area contributed by atoms with Crippen LogP contribution in [0.3, 0.4) is 0 Å². The summed E-state index contributed by atoms with van der Waals surface area (Å²) in [7, 11) is 0. The lowest BCUT2D eigenvalue weighted by Gasteiger charge is -2.29. The molecule has 1 fully saturated rings. The third-order valence-electron chi connectivity index (χ3n) is 3.80. The Balaban J connectivity index is 2.16. The van der Waals surface area contributed by atoms with Crippen molar-refractivity contribution < 1.29 is 19.4 Å². The van der Waals surface area contributed by atoms with E-state index in [-0.39, 0.29) is 6.54 Å². The molecule has 0 aromatic heterocycles. The van der Waals surface area contributed by atoms with Crippen LogP contribution in [-0.2, 0) is 9.53 Å². The van der Waals surface area contributed by atoms with Crippen LogP contribution in [-0.4, -0.2) is 40.8 Å². The topological polar surface area (TPSA) is 66.8 Å². The summed E-state index contributed by atoms with van der Waals surface area (Å²) in [5.74, 6) is -1.34. The fourth-order valence-corrected chi connectivity index (χ4v) is 2.53. The summed E-state index contributed by atoms with van der Waals surface area (Å²) < 4.78 is 5.44. The molecule has 0 saturated heterocycles. The second kappa shape index (κ2) is 7.43. The second-order valence-corrected chi connectivity index (χ2v) is 7.71. The summed E-state index contributed by atoms with van der Waals surface area (Å²) >= 11 is 5.87. The van der Waals surface area contributed by atoms with Gasteiger partial charge in [-0.2, -0.15) is 0 Å². The number of carboxylic acids is 1. The molecule has 1 atom stereocenters. The highest BCUT2D eigenvalue weighted by Crippen LogP contribution is 2.31. The molecule has 24 heavy (non-hydrogen) atoms. The Kier molecular flexibility index (Phi) is 5.75. The summed E-state index contributed by atoms with van der Waals surface area (Å²) in [6.07, 6.45) is 1.67. The van der Waals surface area contributed by atoms with E-state index in [9.17, 15) is 14.7 Å². The van der Waals surface area contributed by atoms with Crippen molar-refractivity contribution in [3.63, 3.8) is 0 Å². The quantitative estimate of drug-likeness (QED) is 0.834. The van der Waals surface area contributed by atoms with Crippen LogP contribution in [0.2, 0.25) is 5.02 Å². The van der Waals surface area contributed by atoms with Gasteiger partial charge in [0.15, 0.2) is 0 Å². The van der Waals surface area contributed by atoms with E-state index in [4.69, 9.17) is 16.3 Å². The number of hydrogen-bond acceptors (Lipinski definition) is 3. The molecular weight excluding hydrogens is 330 g/mol. The van der Waals surface area contributed by atoms with Crippen LogP contribution in [0, 0.1) is 5.92 Å². The van der Waals surface area contributed by atoms with Gasteiger partial charge in [-0.3, -0.25) is 4.79 Å². The molecule has 5 nitrogen and oxygen atoms in total. The average molecular weight is 354 g/mol. The predicted octanol–water partition coefficient (Wildman–Crippen LogP) is 4.16. The molecule has 1 amide bonds. The molecule has 0 radical (unpaired) electrons. The summed E-state index contributed by atoms with van der Waals surface area (Å²) in [6, 6.07) is 6.69. The Morgan fingerprint density at radius 1 is 1.29 bits per heavy atom. The van der Waals surface area contributed by atoms with Crippen molar-refractivity contribution in [1.82, 2.24) is 4.90 Å². The summed E-state index contributed by atoms with van der Waals surface area (Å²) in [6.45, 7) is 6.02. The largest absolute Gasteiger partial charge is 0.481 e. The Labute approximate surface area is 147 Å². The zero-order valence-corrected chi connectivity index (χ0v) is 15.0. The molecule has 1 aromatic carbocycles. The highest BCUT2D eigenvalue weighted by Gasteiger charge is 2.33. The number of benzene rings is 1. The maximum Gasteiger partial charge on any atom is 0.410 e.